The molecule has 4 atom stereocenters. The van der Waals surface area contributed by atoms with Crippen LogP contribution >= 0.6 is 0 Å². The molecule has 2 N–H and O–H groups in total. The fourth-order valence-electron chi connectivity index (χ4n) is 10.7. The highest BCUT2D eigenvalue weighted by molar-refractivity contribution is 5.97. The van der Waals surface area contributed by atoms with Crippen LogP contribution in [0.3, 0.4) is 0 Å². The van der Waals surface area contributed by atoms with Gasteiger partial charge in [-0.3, -0.25) is 19.4 Å². The molecular weight excluding hydrogens is 997 g/mol. The molecule has 0 spiro atoms. The van der Waals surface area contributed by atoms with Gasteiger partial charge in [0.2, 0.25) is 0 Å². The van der Waals surface area contributed by atoms with Crippen molar-refractivity contribution in [2.24, 2.45) is 22.7 Å². The van der Waals surface area contributed by atoms with Crippen molar-refractivity contribution in [3.05, 3.63) is 190 Å². The van der Waals surface area contributed by atoms with E-state index in [2.05, 4.69) is 103 Å². The number of aromatic hydroxyl groups is 2. The Kier molecular flexibility index (Phi) is 17.4. The molecule has 4 aliphatic heterocycles. The molecule has 0 aromatic heterocycles. The summed E-state index contributed by atoms with van der Waals surface area (Å²) in [5, 5.41) is 20.2. The third-order valence-corrected chi connectivity index (χ3v) is 15.3. The van der Waals surface area contributed by atoms with Gasteiger partial charge in [-0.15, -0.1) is 0 Å². The van der Waals surface area contributed by atoms with E-state index in [-0.39, 0.29) is 29.5 Å². The zero-order valence-electron chi connectivity index (χ0n) is 48.2. The number of likely N-dealkylation sites (tertiary alicyclic amines) is 2. The van der Waals surface area contributed by atoms with Gasteiger partial charge < -0.3 is 29.2 Å². The fourth-order valence-corrected chi connectivity index (χ4v) is 10.7. The zero-order valence-corrected chi connectivity index (χ0v) is 48.2. The second kappa shape index (κ2) is 24.4. The van der Waals surface area contributed by atoms with E-state index in [1.165, 1.54) is 25.9 Å². The van der Waals surface area contributed by atoms with Crippen LogP contribution in [0, 0.1) is 22.7 Å². The molecule has 10 nitrogen and oxygen atoms in total. The highest BCUT2D eigenvalue weighted by atomic mass is 16.5. The molecule has 0 saturated carbocycles. The summed E-state index contributed by atoms with van der Waals surface area (Å²) in [5.41, 5.74) is 10.5. The van der Waals surface area contributed by atoms with Gasteiger partial charge in [0.15, 0.2) is 0 Å². The van der Waals surface area contributed by atoms with Crippen LogP contribution in [0.15, 0.2) is 146 Å². The summed E-state index contributed by atoms with van der Waals surface area (Å²) in [7, 11) is 0. The summed E-state index contributed by atoms with van der Waals surface area (Å²) in [4.78, 5) is 30.4. The number of phenolic OH excluding ortho intramolecular Hbond substituents is 2. The lowest BCUT2D eigenvalue weighted by molar-refractivity contribution is -0.143. The van der Waals surface area contributed by atoms with Gasteiger partial charge in [0.05, 0.1) is 10.8 Å². The zero-order chi connectivity index (χ0) is 56.9. The van der Waals surface area contributed by atoms with Crippen molar-refractivity contribution in [1.82, 2.24) is 9.80 Å². The summed E-state index contributed by atoms with van der Waals surface area (Å²) in [5.74, 6) is 3.78. The summed E-state index contributed by atoms with van der Waals surface area (Å²) < 4.78 is 24.7. The van der Waals surface area contributed by atoms with Crippen LogP contribution in [0.25, 0.3) is 34.4 Å². The maximum absolute atomic E-state index is 12.7. The number of hydrogen-bond acceptors (Lipinski definition) is 10. The number of fused-ring (bicyclic) bond motifs is 2. The second-order valence-corrected chi connectivity index (χ2v) is 24.2. The fraction of sp³-hybridized carbons (Fsp3) is 0.343. The smallest absolute Gasteiger partial charge is 0.316 e. The lowest BCUT2D eigenvalue weighted by atomic mass is 9.86. The van der Waals surface area contributed by atoms with Gasteiger partial charge in [-0.1, -0.05) is 111 Å². The molecule has 10 heteroatoms. The molecule has 2 unspecified atom stereocenters. The number of esters is 2. The lowest BCUT2D eigenvalue weighted by Gasteiger charge is -2.31. The Morgan fingerprint density at radius 1 is 0.550 bits per heavy atom. The first-order chi connectivity index (χ1) is 38.2. The molecule has 0 aliphatic carbocycles. The Morgan fingerprint density at radius 3 is 1.45 bits per heavy atom. The molecular formula is C70H78N2O8. The van der Waals surface area contributed by atoms with Gasteiger partial charge in [-0.05, 0) is 198 Å². The van der Waals surface area contributed by atoms with E-state index in [4.69, 9.17) is 18.9 Å². The summed E-state index contributed by atoms with van der Waals surface area (Å²) >= 11 is 0. The molecule has 2 saturated heterocycles. The Labute approximate surface area is 473 Å². The standard InChI is InChI=1S/C40H47NO5.C30H31NO3/c1-26-20-22-41(25-26)21-10-11-28-14-16-29(17-15-28)36-35(30-12-9-13-31(23-30)44-37(42)39(3,4)5)27(2)33-24-32(18-19-34(33)46-36)45-38(43)40(6,7)8;1-20-14-16-31(19-20)15-4-5-22-8-10-23(11-9-22)30-29(24-6-3-7-25(32)17-24)21(2)27-18-26(33)12-13-28(27)34-30/h9-19,23-24,26,36H,20-22,25H2,1-8H3;3-13,17-18,20,30,32-33H,14-16,19H2,1-2H3/b11-10-;5-4-/t26-,36?;20-,30?/m11/s1. The van der Waals surface area contributed by atoms with E-state index < -0.39 is 16.9 Å². The first kappa shape index (κ1) is 57.0. The highest BCUT2D eigenvalue weighted by Crippen LogP contribution is 2.50. The quantitative estimate of drug-likeness (QED) is 0.0906. The average molecular weight is 1080 g/mol. The van der Waals surface area contributed by atoms with Gasteiger partial charge in [-0.25, -0.2) is 0 Å². The summed E-state index contributed by atoms with van der Waals surface area (Å²) in [6.45, 7) is 26.4. The number of carbonyl (C=O) groups is 2. The minimum atomic E-state index is -0.634. The molecule has 0 amide bonds. The predicted octanol–water partition coefficient (Wildman–Crippen LogP) is 15.5. The minimum Gasteiger partial charge on any atom is -0.508 e. The van der Waals surface area contributed by atoms with Gasteiger partial charge in [0.25, 0.3) is 0 Å². The van der Waals surface area contributed by atoms with Gasteiger partial charge >= 0.3 is 11.9 Å². The Bertz CT molecular complexity index is 3330. The topological polar surface area (TPSA) is 118 Å². The predicted molar refractivity (Wildman–Crippen MR) is 322 cm³/mol. The van der Waals surface area contributed by atoms with E-state index in [1.807, 2.05) is 97.0 Å². The van der Waals surface area contributed by atoms with E-state index in [0.717, 1.165) is 111 Å². The van der Waals surface area contributed by atoms with Crippen LogP contribution in [0.1, 0.15) is 139 Å². The van der Waals surface area contributed by atoms with Crippen LogP contribution < -0.4 is 18.9 Å². The molecule has 6 aromatic rings. The number of benzene rings is 6. The number of rotatable bonds is 12. The number of ether oxygens (including phenoxy) is 4. The van der Waals surface area contributed by atoms with Crippen LogP contribution in [-0.2, 0) is 9.59 Å². The largest absolute Gasteiger partial charge is 0.508 e. The Hall–Kier alpha value is -7.66. The number of phenols is 2. The third-order valence-electron chi connectivity index (χ3n) is 15.3. The number of hydrogen-bond donors (Lipinski definition) is 2. The van der Waals surface area contributed by atoms with E-state index >= 15 is 0 Å². The molecule has 80 heavy (non-hydrogen) atoms. The van der Waals surface area contributed by atoms with E-state index in [9.17, 15) is 19.8 Å². The first-order valence-electron chi connectivity index (χ1n) is 28.2. The van der Waals surface area contributed by atoms with Crippen molar-refractivity contribution < 1.29 is 38.7 Å². The number of carbonyl (C=O) groups excluding carboxylic acids is 2. The van der Waals surface area contributed by atoms with Gasteiger partial charge in [0, 0.05) is 48.5 Å². The molecule has 4 heterocycles. The van der Waals surface area contributed by atoms with E-state index in [0.29, 0.717) is 17.2 Å². The van der Waals surface area contributed by atoms with Gasteiger partial charge in [-0.2, -0.15) is 0 Å². The highest BCUT2D eigenvalue weighted by Gasteiger charge is 2.33. The van der Waals surface area contributed by atoms with Crippen LogP contribution in [0.2, 0.25) is 0 Å². The van der Waals surface area contributed by atoms with Crippen molar-refractivity contribution in [1.29, 1.82) is 0 Å². The average Bonchev–Trinajstić information content (AvgIpc) is 4.17. The minimum absolute atomic E-state index is 0.204. The molecule has 416 valence electrons. The number of nitrogens with zero attached hydrogens (tertiary/aromatic N) is 2. The van der Waals surface area contributed by atoms with Crippen molar-refractivity contribution in [3.63, 3.8) is 0 Å². The van der Waals surface area contributed by atoms with Crippen LogP contribution in [-0.4, -0.2) is 71.2 Å². The molecule has 2 fully saturated rings. The lowest BCUT2D eigenvalue weighted by Crippen LogP contribution is -2.25. The van der Waals surface area contributed by atoms with Crippen molar-refractivity contribution >= 4 is 46.4 Å². The number of allylic oxidation sites excluding steroid dienone is 2. The van der Waals surface area contributed by atoms with Crippen molar-refractivity contribution in [3.8, 4) is 34.5 Å². The Morgan fingerprint density at radius 2 is 0.988 bits per heavy atom. The first-order valence-corrected chi connectivity index (χ1v) is 28.2. The maximum Gasteiger partial charge on any atom is 0.316 e. The molecule has 0 radical (unpaired) electrons. The maximum atomic E-state index is 12.7. The summed E-state index contributed by atoms with van der Waals surface area (Å²) in [6.07, 6.45) is 10.7. The third kappa shape index (κ3) is 13.8. The van der Waals surface area contributed by atoms with E-state index in [1.54, 1.807) is 36.4 Å². The molecule has 4 aliphatic rings. The molecule has 0 bridgehead atoms. The SMILES string of the molecule is CC1=C(c2cccc(O)c2)C(c2ccc(/C=C\CN3CC[C@@H](C)C3)cc2)Oc2ccc(O)cc21.CC1=C(c2cccc(OC(=O)C(C)(C)C)c2)C(c2ccc(/C=C\CN3CC[C@@H](C)C3)cc2)Oc2ccc(OC(=O)C(C)(C)C)cc21. The van der Waals surface area contributed by atoms with Crippen LogP contribution in [0.4, 0.5) is 0 Å². The van der Waals surface area contributed by atoms with Gasteiger partial charge in [0.1, 0.15) is 46.7 Å². The summed E-state index contributed by atoms with van der Waals surface area (Å²) in [6, 6.07) is 42.5. The second-order valence-electron chi connectivity index (χ2n) is 24.2. The molecule has 6 aromatic carbocycles. The Balaban J connectivity index is 0.000000202. The molecule has 10 rings (SSSR count). The van der Waals surface area contributed by atoms with Crippen molar-refractivity contribution in [2.45, 2.75) is 94.3 Å². The monoisotopic (exact) mass is 1070 g/mol. The normalized spacial score (nSPS) is 19.5. The van der Waals surface area contributed by atoms with Crippen LogP contribution in [0.5, 0.6) is 34.5 Å². The van der Waals surface area contributed by atoms with Crippen molar-refractivity contribution in [2.75, 3.05) is 39.3 Å².